The first-order valence-corrected chi connectivity index (χ1v) is 7.31. The minimum absolute atomic E-state index is 0.229. The largest absolute Gasteiger partial charge is 0.418 e. The molecule has 2 rings (SSSR count). The normalized spacial score (nSPS) is 17.4. The highest BCUT2D eigenvalue weighted by Crippen LogP contribution is 2.37. The van der Waals surface area contributed by atoms with Crippen LogP contribution in [0.5, 0.6) is 0 Å². The van der Waals surface area contributed by atoms with Crippen LogP contribution in [0, 0.1) is 0 Å². The summed E-state index contributed by atoms with van der Waals surface area (Å²) < 4.78 is 39.3. The summed E-state index contributed by atoms with van der Waals surface area (Å²) >= 11 is 1.77. The van der Waals surface area contributed by atoms with E-state index in [0.717, 1.165) is 24.0 Å². The van der Waals surface area contributed by atoms with E-state index >= 15 is 0 Å². The van der Waals surface area contributed by atoms with E-state index in [9.17, 15) is 13.2 Å². The quantitative estimate of drug-likeness (QED) is 0.905. The molecular formula is C13H16F3NOS. The molecule has 1 heterocycles. The minimum atomic E-state index is -4.39. The monoisotopic (exact) mass is 291 g/mol. The Balaban J connectivity index is 2.37. The van der Waals surface area contributed by atoms with Crippen LogP contribution in [0.2, 0.25) is 0 Å². The summed E-state index contributed by atoms with van der Waals surface area (Å²) in [5.74, 6) is 1.84. The Labute approximate surface area is 114 Å². The van der Waals surface area contributed by atoms with Crippen LogP contribution >= 0.6 is 11.8 Å². The Hall–Kier alpha value is -0.880. The first-order valence-electron chi connectivity index (χ1n) is 6.16. The number of rotatable bonds is 2. The summed E-state index contributed by atoms with van der Waals surface area (Å²) in [4.78, 5) is 1.80. The number of aliphatic hydroxyl groups excluding tert-OH is 1. The van der Waals surface area contributed by atoms with Gasteiger partial charge in [-0.3, -0.25) is 0 Å². The van der Waals surface area contributed by atoms with Gasteiger partial charge in [0.1, 0.15) is 0 Å². The van der Waals surface area contributed by atoms with E-state index in [2.05, 4.69) is 0 Å². The molecule has 6 heteroatoms. The Morgan fingerprint density at radius 3 is 2.68 bits per heavy atom. The second-order valence-electron chi connectivity index (χ2n) is 4.46. The van der Waals surface area contributed by atoms with Gasteiger partial charge in [-0.2, -0.15) is 24.9 Å². The molecule has 1 fully saturated rings. The third-order valence-corrected chi connectivity index (χ3v) is 4.16. The molecule has 0 atom stereocenters. The molecule has 0 amide bonds. The van der Waals surface area contributed by atoms with Crippen molar-refractivity contribution in [2.24, 2.45) is 0 Å². The fourth-order valence-corrected chi connectivity index (χ4v) is 3.06. The summed E-state index contributed by atoms with van der Waals surface area (Å²) in [5, 5.41) is 8.99. The highest BCUT2D eigenvalue weighted by molar-refractivity contribution is 7.99. The summed E-state index contributed by atoms with van der Waals surface area (Å²) in [7, 11) is 0. The highest BCUT2D eigenvalue weighted by Gasteiger charge is 2.35. The molecular weight excluding hydrogens is 275 g/mol. The zero-order valence-electron chi connectivity index (χ0n) is 10.4. The maximum absolute atomic E-state index is 13.1. The molecule has 0 spiro atoms. The number of hydrogen-bond donors (Lipinski definition) is 1. The predicted molar refractivity (Wildman–Crippen MR) is 71.5 cm³/mol. The van der Waals surface area contributed by atoms with E-state index in [1.54, 1.807) is 22.7 Å². The summed E-state index contributed by atoms with van der Waals surface area (Å²) in [6.07, 6.45) is -3.50. The Morgan fingerprint density at radius 1 is 1.21 bits per heavy atom. The highest BCUT2D eigenvalue weighted by atomic mass is 32.2. The van der Waals surface area contributed by atoms with Gasteiger partial charge >= 0.3 is 6.18 Å². The first kappa shape index (κ1) is 14.5. The van der Waals surface area contributed by atoms with Gasteiger partial charge in [-0.1, -0.05) is 6.07 Å². The van der Waals surface area contributed by atoms with Gasteiger partial charge in [0.05, 0.1) is 12.2 Å². The molecule has 1 aromatic carbocycles. The van der Waals surface area contributed by atoms with Crippen LogP contribution < -0.4 is 4.90 Å². The molecule has 1 aliphatic heterocycles. The van der Waals surface area contributed by atoms with E-state index < -0.39 is 11.7 Å². The third-order valence-electron chi connectivity index (χ3n) is 3.11. The predicted octanol–water partition coefficient (Wildman–Crippen LogP) is 3.14. The molecule has 0 aliphatic carbocycles. The van der Waals surface area contributed by atoms with Gasteiger partial charge in [0.25, 0.3) is 0 Å². The smallest absolute Gasteiger partial charge is 0.392 e. The van der Waals surface area contributed by atoms with E-state index in [4.69, 9.17) is 5.11 Å². The minimum Gasteiger partial charge on any atom is -0.392 e. The number of nitrogens with zero attached hydrogens (tertiary/aromatic N) is 1. The average molecular weight is 291 g/mol. The zero-order valence-corrected chi connectivity index (χ0v) is 11.2. The van der Waals surface area contributed by atoms with Crippen molar-refractivity contribution in [2.75, 3.05) is 29.5 Å². The molecule has 1 N–H and O–H groups in total. The average Bonchev–Trinajstić information content (AvgIpc) is 2.65. The maximum Gasteiger partial charge on any atom is 0.418 e. The molecule has 0 bridgehead atoms. The third kappa shape index (κ3) is 3.57. The van der Waals surface area contributed by atoms with Gasteiger partial charge in [-0.15, -0.1) is 0 Å². The first-order chi connectivity index (χ1) is 9.02. The van der Waals surface area contributed by atoms with Crippen molar-refractivity contribution >= 4 is 17.4 Å². The van der Waals surface area contributed by atoms with Crippen molar-refractivity contribution in [3.05, 3.63) is 29.3 Å². The van der Waals surface area contributed by atoms with E-state index in [1.807, 2.05) is 0 Å². The van der Waals surface area contributed by atoms with Crippen LogP contribution in [0.3, 0.4) is 0 Å². The van der Waals surface area contributed by atoms with E-state index in [1.165, 1.54) is 6.07 Å². The number of aliphatic hydroxyl groups is 1. The van der Waals surface area contributed by atoms with Crippen LogP contribution in [0.4, 0.5) is 18.9 Å². The zero-order chi connectivity index (χ0) is 13.9. The number of benzene rings is 1. The number of thioether (sulfide) groups is 1. The lowest BCUT2D eigenvalue weighted by molar-refractivity contribution is -0.137. The topological polar surface area (TPSA) is 23.5 Å². The van der Waals surface area contributed by atoms with Crippen LogP contribution in [-0.2, 0) is 12.8 Å². The number of alkyl halides is 3. The van der Waals surface area contributed by atoms with Crippen molar-refractivity contribution in [1.29, 1.82) is 0 Å². The molecule has 0 aromatic heterocycles. The van der Waals surface area contributed by atoms with Gasteiger partial charge in [0.15, 0.2) is 0 Å². The second-order valence-corrected chi connectivity index (χ2v) is 5.69. The Morgan fingerprint density at radius 2 is 2.00 bits per heavy atom. The van der Waals surface area contributed by atoms with Crippen LogP contribution in [-0.4, -0.2) is 29.7 Å². The van der Waals surface area contributed by atoms with Gasteiger partial charge < -0.3 is 10.0 Å². The van der Waals surface area contributed by atoms with Crippen LogP contribution in [0.25, 0.3) is 0 Å². The van der Waals surface area contributed by atoms with Crippen molar-refractivity contribution in [2.45, 2.75) is 19.2 Å². The fourth-order valence-electron chi connectivity index (χ4n) is 2.17. The lowest BCUT2D eigenvalue weighted by atomic mass is 10.1. The summed E-state index contributed by atoms with van der Waals surface area (Å²) in [6.45, 7) is 0.903. The Bertz CT molecular complexity index is 428. The second kappa shape index (κ2) is 6.05. The van der Waals surface area contributed by atoms with Crippen molar-refractivity contribution < 1.29 is 18.3 Å². The molecule has 19 heavy (non-hydrogen) atoms. The molecule has 0 radical (unpaired) electrons. The van der Waals surface area contributed by atoms with E-state index in [0.29, 0.717) is 18.7 Å². The Kier molecular flexibility index (Phi) is 4.62. The summed E-state index contributed by atoms with van der Waals surface area (Å²) in [6, 6.07) is 4.08. The molecule has 1 saturated heterocycles. The summed E-state index contributed by atoms with van der Waals surface area (Å²) in [5.41, 5.74) is -0.126. The van der Waals surface area contributed by atoms with Crippen LogP contribution in [0.15, 0.2) is 18.2 Å². The van der Waals surface area contributed by atoms with Crippen LogP contribution in [0.1, 0.15) is 17.5 Å². The number of halogens is 3. The van der Waals surface area contributed by atoms with Crippen molar-refractivity contribution in [3.63, 3.8) is 0 Å². The standard InChI is InChI=1S/C13H16F3NOS/c14-13(15,16)11-8-10(9-18)2-3-12(11)17-4-1-6-19-7-5-17/h2-3,8,18H,1,4-7,9H2. The van der Waals surface area contributed by atoms with Gasteiger partial charge in [-0.25, -0.2) is 0 Å². The molecule has 106 valence electrons. The lowest BCUT2D eigenvalue weighted by Gasteiger charge is -2.26. The molecule has 1 aliphatic rings. The maximum atomic E-state index is 13.1. The molecule has 0 saturated carbocycles. The fraction of sp³-hybridized carbons (Fsp3) is 0.538. The number of anilines is 1. The SMILES string of the molecule is OCc1ccc(N2CCCSCC2)c(C(F)(F)F)c1. The van der Waals surface area contributed by atoms with Crippen molar-refractivity contribution in [3.8, 4) is 0 Å². The molecule has 1 aromatic rings. The van der Waals surface area contributed by atoms with Crippen molar-refractivity contribution in [1.82, 2.24) is 0 Å². The van der Waals surface area contributed by atoms with E-state index in [-0.39, 0.29) is 12.3 Å². The van der Waals surface area contributed by atoms with Gasteiger partial charge in [0, 0.05) is 24.5 Å². The lowest BCUT2D eigenvalue weighted by Crippen LogP contribution is -2.28. The molecule has 2 nitrogen and oxygen atoms in total. The number of hydrogen-bond acceptors (Lipinski definition) is 3. The van der Waals surface area contributed by atoms with Gasteiger partial charge in [0.2, 0.25) is 0 Å². The van der Waals surface area contributed by atoms with Gasteiger partial charge in [-0.05, 0) is 29.9 Å². The molecule has 0 unspecified atom stereocenters.